The van der Waals surface area contributed by atoms with Crippen LogP contribution in [0.3, 0.4) is 0 Å². The second-order valence-electron chi connectivity index (χ2n) is 7.75. The number of rotatable bonds is 6. The summed E-state index contributed by atoms with van der Waals surface area (Å²) in [6, 6.07) is 10.6. The predicted molar refractivity (Wildman–Crippen MR) is 115 cm³/mol. The van der Waals surface area contributed by atoms with E-state index in [1.165, 1.54) is 31.4 Å². The van der Waals surface area contributed by atoms with Gasteiger partial charge in [0.1, 0.15) is 0 Å². The number of benzene rings is 2. The van der Waals surface area contributed by atoms with E-state index < -0.39 is 16.0 Å². The molecule has 9 heteroatoms. The topological polar surface area (TPSA) is 122 Å². The minimum absolute atomic E-state index is 0.0524. The van der Waals surface area contributed by atoms with Crippen molar-refractivity contribution in [3.05, 3.63) is 59.5 Å². The Morgan fingerprint density at radius 2 is 1.77 bits per heavy atom. The number of nitrogens with one attached hydrogen (secondary N) is 1. The summed E-state index contributed by atoms with van der Waals surface area (Å²) < 4.78 is 33.7. The lowest BCUT2D eigenvalue weighted by molar-refractivity contribution is 0.0696. The van der Waals surface area contributed by atoms with E-state index in [9.17, 15) is 18.3 Å². The zero-order chi connectivity index (χ0) is 22.0. The Morgan fingerprint density at radius 3 is 2.45 bits per heavy atom. The van der Waals surface area contributed by atoms with Crippen molar-refractivity contribution in [2.45, 2.75) is 49.8 Å². The van der Waals surface area contributed by atoms with Crippen molar-refractivity contribution in [2.75, 3.05) is 4.72 Å². The number of carboxylic acids is 1. The first-order chi connectivity index (χ1) is 14.8. The van der Waals surface area contributed by atoms with Gasteiger partial charge in [-0.1, -0.05) is 25.3 Å². The molecule has 1 aromatic heterocycles. The minimum atomic E-state index is -3.94. The highest BCUT2D eigenvalue weighted by atomic mass is 32.2. The summed E-state index contributed by atoms with van der Waals surface area (Å²) in [7, 11) is -3.94. The van der Waals surface area contributed by atoms with Crippen LogP contribution < -0.4 is 4.72 Å². The van der Waals surface area contributed by atoms with E-state index in [1.807, 2.05) is 0 Å². The summed E-state index contributed by atoms with van der Waals surface area (Å²) in [5.74, 6) is 0.199. The van der Waals surface area contributed by atoms with E-state index in [4.69, 9.17) is 4.42 Å². The molecule has 0 atom stereocenters. The molecule has 1 saturated carbocycles. The maximum atomic E-state index is 12.7. The molecule has 3 aromatic rings. The number of carbonyl (C=O) groups is 1. The van der Waals surface area contributed by atoms with Gasteiger partial charge in [-0.15, -0.1) is 10.2 Å². The molecule has 1 heterocycles. The standard InChI is InChI=1S/C22H23N3O5S/c1-14-7-12-18(13-19(14)22(26)27)31(28,29)25-17-10-8-16(9-11-17)21-24-23-20(30-21)15-5-3-2-4-6-15/h7-13,15,25H,2-6H2,1H3,(H,26,27). The van der Waals surface area contributed by atoms with Gasteiger partial charge in [-0.05, 0) is 61.7 Å². The van der Waals surface area contributed by atoms with Crippen LogP contribution in [0, 0.1) is 6.92 Å². The molecule has 0 saturated heterocycles. The molecule has 2 aromatic carbocycles. The fourth-order valence-electron chi connectivity index (χ4n) is 3.76. The number of carboxylic acid groups (broad SMARTS) is 1. The zero-order valence-corrected chi connectivity index (χ0v) is 17.9. The normalized spacial score (nSPS) is 15.0. The van der Waals surface area contributed by atoms with Crippen LogP contribution in [0.4, 0.5) is 5.69 Å². The summed E-state index contributed by atoms with van der Waals surface area (Å²) in [6.07, 6.45) is 5.71. The molecule has 0 bridgehead atoms. The average Bonchev–Trinajstić information content (AvgIpc) is 3.25. The maximum Gasteiger partial charge on any atom is 0.335 e. The molecule has 1 aliphatic carbocycles. The summed E-state index contributed by atoms with van der Waals surface area (Å²) >= 11 is 0. The van der Waals surface area contributed by atoms with Crippen molar-refractivity contribution in [3.8, 4) is 11.5 Å². The van der Waals surface area contributed by atoms with Crippen LogP contribution in [0.25, 0.3) is 11.5 Å². The van der Waals surface area contributed by atoms with Crippen LogP contribution in [0.5, 0.6) is 0 Å². The second-order valence-corrected chi connectivity index (χ2v) is 9.43. The van der Waals surface area contributed by atoms with Crippen molar-refractivity contribution in [2.24, 2.45) is 0 Å². The van der Waals surface area contributed by atoms with Crippen molar-refractivity contribution in [1.82, 2.24) is 10.2 Å². The molecule has 4 rings (SSSR count). The van der Waals surface area contributed by atoms with E-state index in [1.54, 1.807) is 31.2 Å². The van der Waals surface area contributed by atoms with E-state index in [0.717, 1.165) is 18.9 Å². The van der Waals surface area contributed by atoms with Crippen LogP contribution >= 0.6 is 0 Å². The lowest BCUT2D eigenvalue weighted by Crippen LogP contribution is -2.14. The minimum Gasteiger partial charge on any atom is -0.478 e. The molecule has 0 unspecified atom stereocenters. The van der Waals surface area contributed by atoms with Gasteiger partial charge in [-0.3, -0.25) is 4.72 Å². The Balaban J connectivity index is 1.50. The molecular weight excluding hydrogens is 418 g/mol. The maximum absolute atomic E-state index is 12.7. The smallest absolute Gasteiger partial charge is 0.335 e. The van der Waals surface area contributed by atoms with Gasteiger partial charge in [0, 0.05) is 17.2 Å². The van der Waals surface area contributed by atoms with Gasteiger partial charge in [0.25, 0.3) is 10.0 Å². The Bertz CT molecular complexity index is 1200. The third-order valence-corrected chi connectivity index (χ3v) is 6.91. The largest absolute Gasteiger partial charge is 0.478 e. The van der Waals surface area contributed by atoms with E-state index in [-0.39, 0.29) is 10.5 Å². The van der Waals surface area contributed by atoms with E-state index >= 15 is 0 Å². The molecule has 8 nitrogen and oxygen atoms in total. The zero-order valence-electron chi connectivity index (χ0n) is 17.0. The van der Waals surface area contributed by atoms with E-state index in [0.29, 0.717) is 34.5 Å². The molecule has 1 aliphatic rings. The number of aromatic carboxylic acids is 1. The molecule has 0 aliphatic heterocycles. The highest BCUT2D eigenvalue weighted by molar-refractivity contribution is 7.92. The highest BCUT2D eigenvalue weighted by Crippen LogP contribution is 2.33. The Kier molecular flexibility index (Phi) is 5.77. The fraction of sp³-hybridized carbons (Fsp3) is 0.318. The van der Waals surface area contributed by atoms with Crippen LogP contribution in [0.2, 0.25) is 0 Å². The van der Waals surface area contributed by atoms with Gasteiger partial charge in [0.05, 0.1) is 10.5 Å². The fourth-order valence-corrected chi connectivity index (χ4v) is 4.84. The average molecular weight is 442 g/mol. The molecule has 0 spiro atoms. The summed E-state index contributed by atoms with van der Waals surface area (Å²) in [6.45, 7) is 1.61. The predicted octanol–water partition coefficient (Wildman–Crippen LogP) is 4.59. The second kappa shape index (κ2) is 8.50. The molecule has 0 radical (unpaired) electrons. The Hall–Kier alpha value is -3.20. The monoisotopic (exact) mass is 441 g/mol. The number of nitrogens with zero attached hydrogens (tertiary/aromatic N) is 2. The van der Waals surface area contributed by atoms with Crippen molar-refractivity contribution in [3.63, 3.8) is 0 Å². The molecule has 0 amide bonds. The molecule has 1 fully saturated rings. The van der Waals surface area contributed by atoms with E-state index in [2.05, 4.69) is 14.9 Å². The molecule has 31 heavy (non-hydrogen) atoms. The van der Waals surface area contributed by atoms with Gasteiger partial charge in [-0.2, -0.15) is 0 Å². The summed E-state index contributed by atoms with van der Waals surface area (Å²) in [5, 5.41) is 17.6. The summed E-state index contributed by atoms with van der Waals surface area (Å²) in [4.78, 5) is 11.2. The number of hydrogen-bond donors (Lipinski definition) is 2. The van der Waals surface area contributed by atoms with Crippen molar-refractivity contribution >= 4 is 21.7 Å². The van der Waals surface area contributed by atoms with Gasteiger partial charge in [0.15, 0.2) is 0 Å². The molecule has 162 valence electrons. The number of anilines is 1. The molecule has 2 N–H and O–H groups in total. The third kappa shape index (κ3) is 4.61. The third-order valence-electron chi connectivity index (χ3n) is 5.53. The van der Waals surface area contributed by atoms with Crippen LogP contribution in [-0.2, 0) is 10.0 Å². The molecular formula is C22H23N3O5S. The van der Waals surface area contributed by atoms with Gasteiger partial charge < -0.3 is 9.52 Å². The Morgan fingerprint density at radius 1 is 1.06 bits per heavy atom. The Labute approximate surface area is 180 Å². The first kappa shape index (κ1) is 21.0. The van der Waals surface area contributed by atoms with Crippen molar-refractivity contribution in [1.29, 1.82) is 0 Å². The van der Waals surface area contributed by atoms with Gasteiger partial charge in [-0.25, -0.2) is 13.2 Å². The first-order valence-electron chi connectivity index (χ1n) is 10.1. The van der Waals surface area contributed by atoms with Crippen LogP contribution in [-0.4, -0.2) is 29.7 Å². The SMILES string of the molecule is Cc1ccc(S(=O)(=O)Nc2ccc(-c3nnc(C4CCCCC4)o3)cc2)cc1C(=O)O. The van der Waals surface area contributed by atoms with Crippen LogP contribution in [0.15, 0.2) is 51.8 Å². The van der Waals surface area contributed by atoms with Crippen LogP contribution in [0.1, 0.15) is 59.8 Å². The number of sulfonamides is 1. The highest BCUT2D eigenvalue weighted by Gasteiger charge is 2.22. The lowest BCUT2D eigenvalue weighted by Gasteiger charge is -2.17. The van der Waals surface area contributed by atoms with Gasteiger partial charge >= 0.3 is 5.97 Å². The quantitative estimate of drug-likeness (QED) is 0.573. The number of aromatic nitrogens is 2. The van der Waals surface area contributed by atoms with Crippen molar-refractivity contribution < 1.29 is 22.7 Å². The summed E-state index contributed by atoms with van der Waals surface area (Å²) in [5.41, 5.74) is 1.47. The lowest BCUT2D eigenvalue weighted by atomic mass is 9.89. The number of aryl methyl sites for hydroxylation is 1. The van der Waals surface area contributed by atoms with Gasteiger partial charge in [0.2, 0.25) is 11.8 Å². The first-order valence-corrected chi connectivity index (χ1v) is 11.6. The number of hydrogen-bond acceptors (Lipinski definition) is 6.